The molecule has 2 heterocycles. The molecule has 2 N–H and O–H groups in total. The summed E-state index contributed by atoms with van der Waals surface area (Å²) < 4.78 is 26.4. The van der Waals surface area contributed by atoms with Crippen molar-refractivity contribution in [2.75, 3.05) is 11.8 Å². The van der Waals surface area contributed by atoms with E-state index >= 15 is 0 Å². The molecule has 2 amide bonds. The summed E-state index contributed by atoms with van der Waals surface area (Å²) in [6.07, 6.45) is 1.31. The van der Waals surface area contributed by atoms with Crippen molar-refractivity contribution in [1.82, 2.24) is 15.1 Å². The third kappa shape index (κ3) is 2.07. The topological polar surface area (TPSA) is 112 Å². The van der Waals surface area contributed by atoms with Gasteiger partial charge in [0.15, 0.2) is 5.03 Å². The number of aromatic amines is 1. The maximum absolute atomic E-state index is 12.0. The maximum atomic E-state index is 12.0. The van der Waals surface area contributed by atoms with Crippen LogP contribution in [0.1, 0.15) is 20.7 Å². The van der Waals surface area contributed by atoms with Gasteiger partial charge in [-0.05, 0) is 24.3 Å². The average molecular weight is 306 g/mol. The van der Waals surface area contributed by atoms with Crippen LogP contribution in [0.2, 0.25) is 0 Å². The van der Waals surface area contributed by atoms with E-state index in [1.54, 1.807) is 0 Å². The molecule has 0 aliphatic carbocycles. The van der Waals surface area contributed by atoms with Gasteiger partial charge in [0.2, 0.25) is 0 Å². The zero-order valence-electron chi connectivity index (χ0n) is 10.8. The normalized spacial score (nSPS) is 14.4. The number of sulfonamides is 1. The standard InChI is InChI=1S/C12H10N4O4S/c1-16-11(17)8-3-2-7(6-9(8)12(16)18)15-21(19,20)10-4-5-13-14-10/h2-6,15H,1H3,(H,13,14). The van der Waals surface area contributed by atoms with Crippen LogP contribution in [0.5, 0.6) is 0 Å². The van der Waals surface area contributed by atoms with Crippen LogP contribution in [0.4, 0.5) is 5.69 Å². The lowest BCUT2D eigenvalue weighted by Gasteiger charge is -2.06. The van der Waals surface area contributed by atoms with E-state index in [2.05, 4.69) is 14.9 Å². The van der Waals surface area contributed by atoms with Crippen molar-refractivity contribution >= 4 is 27.5 Å². The molecular formula is C12H10N4O4S. The van der Waals surface area contributed by atoms with Crippen LogP contribution < -0.4 is 4.72 Å². The van der Waals surface area contributed by atoms with Gasteiger partial charge >= 0.3 is 0 Å². The van der Waals surface area contributed by atoms with Gasteiger partial charge in [-0.3, -0.25) is 24.3 Å². The number of carbonyl (C=O) groups excluding carboxylic acids is 2. The Bertz CT molecular complexity index is 842. The van der Waals surface area contributed by atoms with E-state index < -0.39 is 21.8 Å². The molecule has 0 bridgehead atoms. The average Bonchev–Trinajstić information content (AvgIpc) is 3.05. The van der Waals surface area contributed by atoms with Gasteiger partial charge in [0.25, 0.3) is 21.8 Å². The Balaban J connectivity index is 1.97. The third-order valence-electron chi connectivity index (χ3n) is 3.11. The molecule has 0 saturated heterocycles. The summed E-state index contributed by atoms with van der Waals surface area (Å²) >= 11 is 0. The van der Waals surface area contributed by atoms with Crippen LogP contribution in [0.25, 0.3) is 0 Å². The van der Waals surface area contributed by atoms with Crippen LogP contribution in [0.15, 0.2) is 35.5 Å². The number of benzene rings is 1. The fraction of sp³-hybridized carbons (Fsp3) is 0.0833. The first-order valence-corrected chi connectivity index (χ1v) is 7.37. The molecule has 0 saturated carbocycles. The molecule has 0 spiro atoms. The Morgan fingerprint density at radius 1 is 1.14 bits per heavy atom. The van der Waals surface area contributed by atoms with E-state index in [1.807, 2.05) is 0 Å². The first-order valence-electron chi connectivity index (χ1n) is 5.89. The quantitative estimate of drug-likeness (QED) is 0.799. The van der Waals surface area contributed by atoms with E-state index in [0.29, 0.717) is 0 Å². The van der Waals surface area contributed by atoms with Crippen LogP contribution in [0, 0.1) is 0 Å². The minimum atomic E-state index is -3.81. The number of aromatic nitrogens is 2. The molecule has 0 radical (unpaired) electrons. The molecule has 1 aromatic carbocycles. The first-order chi connectivity index (χ1) is 9.90. The van der Waals surface area contributed by atoms with E-state index in [9.17, 15) is 18.0 Å². The SMILES string of the molecule is CN1C(=O)c2ccc(NS(=O)(=O)c3ccn[nH]3)cc2C1=O. The molecule has 9 heteroatoms. The van der Waals surface area contributed by atoms with Gasteiger partial charge in [-0.2, -0.15) is 13.5 Å². The molecule has 0 fully saturated rings. The van der Waals surface area contributed by atoms with Gasteiger partial charge in [-0.25, -0.2) is 0 Å². The zero-order valence-corrected chi connectivity index (χ0v) is 11.6. The number of anilines is 1. The minimum absolute atomic E-state index is 0.0949. The van der Waals surface area contributed by atoms with Crippen LogP contribution >= 0.6 is 0 Å². The molecule has 1 aliphatic rings. The van der Waals surface area contributed by atoms with Crippen molar-refractivity contribution < 1.29 is 18.0 Å². The summed E-state index contributed by atoms with van der Waals surface area (Å²) in [6.45, 7) is 0. The van der Waals surface area contributed by atoms with E-state index in [1.165, 1.54) is 37.5 Å². The van der Waals surface area contributed by atoms with Gasteiger partial charge in [-0.1, -0.05) is 0 Å². The summed E-state index contributed by atoms with van der Waals surface area (Å²) in [6, 6.07) is 5.49. The van der Waals surface area contributed by atoms with Crippen molar-refractivity contribution in [2.45, 2.75) is 5.03 Å². The van der Waals surface area contributed by atoms with Gasteiger partial charge in [0.05, 0.1) is 17.3 Å². The fourth-order valence-electron chi connectivity index (χ4n) is 2.03. The van der Waals surface area contributed by atoms with Crippen LogP contribution in [-0.4, -0.2) is 42.4 Å². The molecule has 108 valence electrons. The number of imide groups is 1. The van der Waals surface area contributed by atoms with Crippen molar-refractivity contribution in [2.24, 2.45) is 0 Å². The van der Waals surface area contributed by atoms with Gasteiger partial charge in [-0.15, -0.1) is 0 Å². The summed E-state index contributed by atoms with van der Waals surface area (Å²) in [5.74, 6) is -0.865. The summed E-state index contributed by atoms with van der Waals surface area (Å²) in [7, 11) is -2.44. The summed E-state index contributed by atoms with van der Waals surface area (Å²) in [5.41, 5.74) is 0.624. The number of fused-ring (bicyclic) bond motifs is 1. The fourth-order valence-corrected chi connectivity index (χ4v) is 2.99. The number of nitrogens with one attached hydrogen (secondary N) is 2. The molecule has 0 unspecified atom stereocenters. The van der Waals surface area contributed by atoms with Crippen LogP contribution in [-0.2, 0) is 10.0 Å². The second-order valence-corrected chi connectivity index (χ2v) is 6.11. The molecular weight excluding hydrogens is 296 g/mol. The second kappa shape index (κ2) is 4.42. The van der Waals surface area contributed by atoms with Crippen molar-refractivity contribution in [3.05, 3.63) is 41.6 Å². The Labute approximate surface area is 119 Å². The molecule has 8 nitrogen and oxygen atoms in total. The van der Waals surface area contributed by atoms with E-state index in [4.69, 9.17) is 0 Å². The zero-order chi connectivity index (χ0) is 15.2. The molecule has 0 atom stereocenters. The minimum Gasteiger partial charge on any atom is -0.278 e. The number of rotatable bonds is 3. The number of H-pyrrole nitrogens is 1. The Morgan fingerprint density at radius 3 is 2.52 bits per heavy atom. The van der Waals surface area contributed by atoms with Crippen LogP contribution in [0.3, 0.4) is 0 Å². The monoisotopic (exact) mass is 306 g/mol. The Hall–Kier alpha value is -2.68. The predicted octanol–water partition coefficient (Wildman–Crippen LogP) is 0.436. The Kier molecular flexibility index (Phi) is 2.80. The maximum Gasteiger partial charge on any atom is 0.278 e. The number of hydrogen-bond acceptors (Lipinski definition) is 5. The summed E-state index contributed by atoms with van der Waals surface area (Å²) in [5, 5.41) is 5.82. The predicted molar refractivity (Wildman–Crippen MR) is 72.3 cm³/mol. The Morgan fingerprint density at radius 2 is 1.86 bits per heavy atom. The first kappa shape index (κ1) is 13.3. The number of hydrogen-bond donors (Lipinski definition) is 2. The highest BCUT2D eigenvalue weighted by Crippen LogP contribution is 2.25. The highest BCUT2D eigenvalue weighted by molar-refractivity contribution is 7.92. The molecule has 21 heavy (non-hydrogen) atoms. The molecule has 3 rings (SSSR count). The number of nitrogens with zero attached hydrogens (tertiary/aromatic N) is 2. The largest absolute Gasteiger partial charge is 0.278 e. The lowest BCUT2D eigenvalue weighted by atomic mass is 10.1. The number of amides is 2. The van der Waals surface area contributed by atoms with Crippen molar-refractivity contribution in [3.63, 3.8) is 0 Å². The third-order valence-corrected chi connectivity index (χ3v) is 4.42. The number of carbonyl (C=O) groups is 2. The van der Waals surface area contributed by atoms with Gasteiger partial charge in [0.1, 0.15) is 0 Å². The molecule has 1 aliphatic heterocycles. The lowest BCUT2D eigenvalue weighted by Crippen LogP contribution is -2.24. The van der Waals surface area contributed by atoms with E-state index in [0.717, 1.165) is 4.90 Å². The van der Waals surface area contributed by atoms with E-state index in [-0.39, 0.29) is 21.8 Å². The lowest BCUT2D eigenvalue weighted by molar-refractivity contribution is 0.0693. The van der Waals surface area contributed by atoms with Gasteiger partial charge in [0, 0.05) is 12.7 Å². The van der Waals surface area contributed by atoms with Crippen molar-refractivity contribution in [1.29, 1.82) is 0 Å². The molecule has 2 aromatic rings. The molecule has 1 aromatic heterocycles. The van der Waals surface area contributed by atoms with Gasteiger partial charge < -0.3 is 0 Å². The highest BCUT2D eigenvalue weighted by Gasteiger charge is 2.33. The second-order valence-electron chi connectivity index (χ2n) is 4.46. The smallest absolute Gasteiger partial charge is 0.278 e. The highest BCUT2D eigenvalue weighted by atomic mass is 32.2. The van der Waals surface area contributed by atoms with Crippen molar-refractivity contribution in [3.8, 4) is 0 Å². The summed E-state index contributed by atoms with van der Waals surface area (Å²) in [4.78, 5) is 24.6.